The number of hydrogen-bond donors (Lipinski definition) is 0. The fourth-order valence-corrected chi connectivity index (χ4v) is 1.98. The maximum absolute atomic E-state index is 2.44. The van der Waals surface area contributed by atoms with Crippen molar-refractivity contribution < 1.29 is 0 Å². The molecule has 0 unspecified atom stereocenters. The molecule has 0 heterocycles. The van der Waals surface area contributed by atoms with E-state index < -0.39 is 0 Å². The Labute approximate surface area is 87.7 Å². The van der Waals surface area contributed by atoms with Crippen LogP contribution in [0.4, 0.5) is 5.69 Å². The van der Waals surface area contributed by atoms with Gasteiger partial charge in [-0.3, -0.25) is 0 Å². The normalized spacial score (nSPS) is 11.1. The summed E-state index contributed by atoms with van der Waals surface area (Å²) in [6.07, 6.45) is 0. The molecule has 1 nitrogen and oxygen atoms in total. The third-order valence-corrected chi connectivity index (χ3v) is 2.41. The molecule has 14 heavy (non-hydrogen) atoms. The molecule has 0 aliphatic heterocycles. The van der Waals surface area contributed by atoms with Crippen LogP contribution >= 0.6 is 0 Å². The van der Waals surface area contributed by atoms with E-state index in [9.17, 15) is 0 Å². The smallest absolute Gasteiger partial charge is 0.0373 e. The molecular formula is C13H21N. The van der Waals surface area contributed by atoms with E-state index in [0.29, 0.717) is 12.1 Å². The lowest BCUT2D eigenvalue weighted by atomic mass is 10.1. The molecule has 0 aliphatic carbocycles. The van der Waals surface area contributed by atoms with Crippen molar-refractivity contribution in [1.82, 2.24) is 0 Å². The van der Waals surface area contributed by atoms with Gasteiger partial charge in [-0.15, -0.1) is 0 Å². The summed E-state index contributed by atoms with van der Waals surface area (Å²) in [4.78, 5) is 2.44. The monoisotopic (exact) mass is 191 g/mol. The standard InChI is InChI=1S/C13H21N/c1-10(2)14(11(3)4)13-8-6-7-12(5)9-13/h6-11H,1-5H3. The van der Waals surface area contributed by atoms with Crippen LogP contribution in [-0.2, 0) is 0 Å². The molecule has 0 amide bonds. The molecule has 0 saturated carbocycles. The van der Waals surface area contributed by atoms with Crippen LogP contribution < -0.4 is 4.90 Å². The molecule has 0 N–H and O–H groups in total. The summed E-state index contributed by atoms with van der Waals surface area (Å²) >= 11 is 0. The molecule has 1 aromatic rings. The van der Waals surface area contributed by atoms with Gasteiger partial charge in [-0.2, -0.15) is 0 Å². The molecule has 0 radical (unpaired) electrons. The lowest BCUT2D eigenvalue weighted by Crippen LogP contribution is -2.36. The highest BCUT2D eigenvalue weighted by molar-refractivity contribution is 5.49. The second-order valence-corrected chi connectivity index (χ2v) is 4.43. The third-order valence-electron chi connectivity index (χ3n) is 2.41. The van der Waals surface area contributed by atoms with Gasteiger partial charge in [0.05, 0.1) is 0 Å². The predicted molar refractivity (Wildman–Crippen MR) is 63.9 cm³/mol. The highest BCUT2D eigenvalue weighted by Crippen LogP contribution is 2.20. The van der Waals surface area contributed by atoms with Crippen LogP contribution in [-0.4, -0.2) is 12.1 Å². The van der Waals surface area contributed by atoms with Crippen molar-refractivity contribution in [3.63, 3.8) is 0 Å². The summed E-state index contributed by atoms with van der Waals surface area (Å²) in [7, 11) is 0. The zero-order valence-corrected chi connectivity index (χ0v) is 9.91. The SMILES string of the molecule is Cc1cccc(N(C(C)C)C(C)C)c1. The fourth-order valence-electron chi connectivity index (χ4n) is 1.98. The third kappa shape index (κ3) is 2.50. The Bertz CT molecular complexity index is 281. The van der Waals surface area contributed by atoms with Crippen molar-refractivity contribution in [2.24, 2.45) is 0 Å². The molecule has 0 aliphatic rings. The van der Waals surface area contributed by atoms with Gasteiger partial charge in [0, 0.05) is 17.8 Å². The van der Waals surface area contributed by atoms with Gasteiger partial charge in [0.1, 0.15) is 0 Å². The van der Waals surface area contributed by atoms with Crippen LogP contribution in [0.2, 0.25) is 0 Å². The van der Waals surface area contributed by atoms with E-state index in [-0.39, 0.29) is 0 Å². The minimum absolute atomic E-state index is 0.553. The average Bonchev–Trinajstić information content (AvgIpc) is 2.02. The highest BCUT2D eigenvalue weighted by atomic mass is 15.2. The first-order valence-electron chi connectivity index (χ1n) is 5.37. The molecule has 1 rings (SSSR count). The maximum atomic E-state index is 2.44. The van der Waals surface area contributed by atoms with Gasteiger partial charge in [0.2, 0.25) is 0 Å². The van der Waals surface area contributed by atoms with Crippen molar-refractivity contribution >= 4 is 5.69 Å². The number of benzene rings is 1. The number of hydrogen-bond acceptors (Lipinski definition) is 1. The summed E-state index contributed by atoms with van der Waals surface area (Å²) in [5.74, 6) is 0. The Kier molecular flexibility index (Phi) is 3.56. The summed E-state index contributed by atoms with van der Waals surface area (Å²) < 4.78 is 0. The zero-order valence-electron chi connectivity index (χ0n) is 9.91. The first kappa shape index (κ1) is 11.1. The molecule has 0 fully saturated rings. The second-order valence-electron chi connectivity index (χ2n) is 4.43. The Morgan fingerprint density at radius 1 is 1.00 bits per heavy atom. The largest absolute Gasteiger partial charge is 0.367 e. The molecular weight excluding hydrogens is 170 g/mol. The number of anilines is 1. The maximum Gasteiger partial charge on any atom is 0.0373 e. The van der Waals surface area contributed by atoms with Gasteiger partial charge in [0.15, 0.2) is 0 Å². The first-order chi connectivity index (χ1) is 6.52. The van der Waals surface area contributed by atoms with E-state index in [2.05, 4.69) is 63.8 Å². The summed E-state index contributed by atoms with van der Waals surface area (Å²) in [6.45, 7) is 11.1. The van der Waals surface area contributed by atoms with Crippen molar-refractivity contribution in [2.45, 2.75) is 46.7 Å². The van der Waals surface area contributed by atoms with Crippen LogP contribution in [0.25, 0.3) is 0 Å². The molecule has 0 aromatic heterocycles. The summed E-state index contributed by atoms with van der Waals surface area (Å²) in [5.41, 5.74) is 2.66. The van der Waals surface area contributed by atoms with Gasteiger partial charge in [-0.1, -0.05) is 12.1 Å². The van der Waals surface area contributed by atoms with Crippen LogP contribution in [0.15, 0.2) is 24.3 Å². The van der Waals surface area contributed by atoms with E-state index in [1.165, 1.54) is 11.3 Å². The van der Waals surface area contributed by atoms with E-state index in [1.54, 1.807) is 0 Å². The van der Waals surface area contributed by atoms with Crippen molar-refractivity contribution in [1.29, 1.82) is 0 Å². The second kappa shape index (κ2) is 4.50. The van der Waals surface area contributed by atoms with Crippen LogP contribution in [0.1, 0.15) is 33.3 Å². The highest BCUT2D eigenvalue weighted by Gasteiger charge is 2.13. The van der Waals surface area contributed by atoms with Crippen molar-refractivity contribution in [3.05, 3.63) is 29.8 Å². The molecule has 0 bridgehead atoms. The molecule has 1 heteroatoms. The minimum atomic E-state index is 0.553. The zero-order chi connectivity index (χ0) is 10.7. The van der Waals surface area contributed by atoms with Crippen LogP contribution in [0, 0.1) is 6.92 Å². The molecule has 0 spiro atoms. The van der Waals surface area contributed by atoms with E-state index in [0.717, 1.165) is 0 Å². The number of aryl methyl sites for hydroxylation is 1. The minimum Gasteiger partial charge on any atom is -0.367 e. The van der Waals surface area contributed by atoms with Crippen LogP contribution in [0.5, 0.6) is 0 Å². The van der Waals surface area contributed by atoms with Gasteiger partial charge in [-0.05, 0) is 52.3 Å². The predicted octanol–water partition coefficient (Wildman–Crippen LogP) is 3.62. The van der Waals surface area contributed by atoms with Gasteiger partial charge >= 0.3 is 0 Å². The number of nitrogens with zero attached hydrogens (tertiary/aromatic N) is 1. The summed E-state index contributed by atoms with van der Waals surface area (Å²) in [6, 6.07) is 9.81. The van der Waals surface area contributed by atoms with Gasteiger partial charge in [-0.25, -0.2) is 0 Å². The molecule has 0 atom stereocenters. The van der Waals surface area contributed by atoms with E-state index in [4.69, 9.17) is 0 Å². The van der Waals surface area contributed by atoms with Crippen LogP contribution in [0.3, 0.4) is 0 Å². The van der Waals surface area contributed by atoms with E-state index in [1.807, 2.05) is 0 Å². The van der Waals surface area contributed by atoms with E-state index >= 15 is 0 Å². The van der Waals surface area contributed by atoms with Crippen molar-refractivity contribution in [2.75, 3.05) is 4.90 Å². The summed E-state index contributed by atoms with van der Waals surface area (Å²) in [5, 5.41) is 0. The Morgan fingerprint density at radius 2 is 1.57 bits per heavy atom. The quantitative estimate of drug-likeness (QED) is 0.705. The first-order valence-corrected chi connectivity index (χ1v) is 5.37. The Balaban J connectivity index is 2.99. The lowest BCUT2D eigenvalue weighted by molar-refractivity contribution is 0.608. The van der Waals surface area contributed by atoms with Crippen molar-refractivity contribution in [3.8, 4) is 0 Å². The Hall–Kier alpha value is -0.980. The molecule has 78 valence electrons. The topological polar surface area (TPSA) is 3.24 Å². The number of rotatable bonds is 3. The van der Waals surface area contributed by atoms with Gasteiger partial charge in [0.25, 0.3) is 0 Å². The Morgan fingerprint density at radius 3 is 2.00 bits per heavy atom. The average molecular weight is 191 g/mol. The molecule has 0 saturated heterocycles. The fraction of sp³-hybridized carbons (Fsp3) is 0.538. The lowest BCUT2D eigenvalue weighted by Gasteiger charge is -2.33. The molecule has 1 aromatic carbocycles. The van der Waals surface area contributed by atoms with Gasteiger partial charge < -0.3 is 4.90 Å².